The summed E-state index contributed by atoms with van der Waals surface area (Å²) in [5.74, 6) is -3.53. The number of carbonyl (C=O) groups excluding carboxylic acids is 2. The Morgan fingerprint density at radius 2 is 2.00 bits per heavy atom. The van der Waals surface area contributed by atoms with Gasteiger partial charge in [0.1, 0.15) is 22.8 Å². The fraction of sp³-hybridized carbons (Fsp3) is 0.333. The molecule has 218 valence electrons. The first-order valence-electron chi connectivity index (χ1n) is 11.5. The molecule has 0 saturated carbocycles. The van der Waals surface area contributed by atoms with E-state index in [9.17, 15) is 24.3 Å². The van der Waals surface area contributed by atoms with Gasteiger partial charge in [0.15, 0.2) is 16.5 Å². The van der Waals surface area contributed by atoms with E-state index in [0.717, 1.165) is 16.2 Å². The van der Waals surface area contributed by atoms with Gasteiger partial charge in [-0.2, -0.15) is 0 Å². The number of hydrogen-bond acceptors (Lipinski definition) is 15. The number of anilines is 4. The predicted molar refractivity (Wildman–Crippen MR) is 150 cm³/mol. The molecule has 4 heterocycles. The van der Waals surface area contributed by atoms with E-state index < -0.39 is 47.0 Å². The fourth-order valence-corrected chi connectivity index (χ4v) is 6.74. The average molecular weight is 626 g/mol. The molecule has 1 saturated heterocycles. The van der Waals surface area contributed by atoms with Crippen LogP contribution < -0.4 is 32.8 Å². The molecule has 0 spiro atoms. The number of β-lactam (4-membered cyclic amide) rings is 1. The first-order valence-corrected chi connectivity index (χ1v) is 14.4. The number of nitrogens with one attached hydrogen (secondary N) is 1. The van der Waals surface area contributed by atoms with E-state index in [1.165, 1.54) is 40.4 Å². The Hall–Kier alpha value is -4.30. The smallest absolute Gasteiger partial charge is 0.352 e. The molecule has 2 unspecified atom stereocenters. The molecular formula is C21H25N10O7S3+. The Balaban J connectivity index is 1.52. The molecule has 2 amide bonds. The summed E-state index contributed by atoms with van der Waals surface area (Å²) < 4.78 is 1.52. The number of nitrogens with zero attached hydrogens (tertiary/aromatic N) is 5. The molecule has 1 fully saturated rings. The Kier molecular flexibility index (Phi) is 8.44. The van der Waals surface area contributed by atoms with E-state index in [4.69, 9.17) is 32.9 Å². The minimum Gasteiger partial charge on any atom is -0.478 e. The molecule has 0 bridgehead atoms. The highest BCUT2D eigenvalue weighted by Gasteiger charge is 2.54. The summed E-state index contributed by atoms with van der Waals surface area (Å²) in [7, 11) is 1.63. The zero-order valence-corrected chi connectivity index (χ0v) is 23.9. The van der Waals surface area contributed by atoms with Crippen LogP contribution in [0.4, 0.5) is 22.5 Å². The Morgan fingerprint density at radius 3 is 2.61 bits per heavy atom. The number of aliphatic carboxylic acids is 2. The first kappa shape index (κ1) is 29.7. The van der Waals surface area contributed by atoms with Crippen molar-refractivity contribution in [1.29, 1.82) is 0 Å². The standard InChI is InChI=1S/C21H24N10O7S3/c1-6(18(34)35)38-29-10(8-5-40-20(25)26-8)15(32)27-11-16(33)31-12(19(36)37)7(3-39-17(11)31)4-41-21-28-13(23)9(22)14(24)30(21)2/h5-6,11,17H,3-4H2,1-2H3,(H10,22,23,24,25,26,27,29,32,34,35,36,37)/p+1/t6-,11?,17?/m1/s1. The molecule has 11 N–H and O–H groups in total. The van der Waals surface area contributed by atoms with E-state index in [1.807, 2.05) is 0 Å². The summed E-state index contributed by atoms with van der Waals surface area (Å²) in [6, 6.07) is -1.09. The maximum Gasteiger partial charge on any atom is 0.352 e. The van der Waals surface area contributed by atoms with Gasteiger partial charge < -0.3 is 43.3 Å². The second-order valence-corrected chi connectivity index (χ2v) is 11.6. The molecule has 41 heavy (non-hydrogen) atoms. The van der Waals surface area contributed by atoms with Crippen LogP contribution in [0.15, 0.2) is 27.0 Å². The molecule has 0 aromatic carbocycles. The maximum absolute atomic E-state index is 13.1. The van der Waals surface area contributed by atoms with Gasteiger partial charge in [0.05, 0.1) is 7.05 Å². The number of carboxylic acid groups (broad SMARTS) is 2. The summed E-state index contributed by atoms with van der Waals surface area (Å²) in [5, 5.41) is 26.4. The zero-order valence-electron chi connectivity index (χ0n) is 21.4. The summed E-state index contributed by atoms with van der Waals surface area (Å²) in [6.45, 7) is 1.21. The van der Waals surface area contributed by atoms with Crippen molar-refractivity contribution in [3.05, 3.63) is 22.3 Å². The number of carbonyl (C=O) groups is 4. The number of fused-ring (bicyclic) bond motifs is 1. The van der Waals surface area contributed by atoms with Crippen molar-refractivity contribution in [3.63, 3.8) is 0 Å². The van der Waals surface area contributed by atoms with Gasteiger partial charge >= 0.3 is 17.1 Å². The molecule has 0 radical (unpaired) electrons. The predicted octanol–water partition coefficient (Wildman–Crippen LogP) is -1.58. The number of oxime groups is 1. The lowest BCUT2D eigenvalue weighted by Gasteiger charge is -2.49. The SMILES string of the molecule is C[C@@H](O/N=C(\C(=O)NC1C(=O)N2C(C(=O)O)=C(CSc3nc(N)c(N)c(N)[n+]3C)CSC12)c1csc(N)n1)C(=O)O. The van der Waals surface area contributed by atoms with Crippen molar-refractivity contribution in [3.8, 4) is 0 Å². The quantitative estimate of drug-likeness (QED) is 0.0391. The number of thiazole rings is 1. The Bertz CT molecular complexity index is 1510. The number of rotatable bonds is 10. The lowest BCUT2D eigenvalue weighted by molar-refractivity contribution is -0.698. The minimum absolute atomic E-state index is 0.0126. The second kappa shape index (κ2) is 11.7. The largest absolute Gasteiger partial charge is 0.478 e. The number of nitrogens with two attached hydrogens (primary N) is 4. The molecule has 17 nitrogen and oxygen atoms in total. The zero-order chi connectivity index (χ0) is 30.2. The van der Waals surface area contributed by atoms with Crippen molar-refractivity contribution >= 4 is 86.8 Å². The number of hydrogen-bond donors (Lipinski definition) is 7. The molecule has 4 rings (SSSR count). The minimum atomic E-state index is -1.37. The number of thioether (sulfide) groups is 2. The third-order valence-corrected chi connectivity index (χ3v) is 9.09. The molecule has 2 aliphatic heterocycles. The molecular weight excluding hydrogens is 600 g/mol. The van der Waals surface area contributed by atoms with Gasteiger partial charge in [-0.15, -0.1) is 23.1 Å². The van der Waals surface area contributed by atoms with Crippen molar-refractivity contribution in [1.82, 2.24) is 20.2 Å². The number of nitrogen functional groups attached to an aromatic ring is 4. The Morgan fingerprint density at radius 1 is 1.29 bits per heavy atom. The van der Waals surface area contributed by atoms with E-state index in [0.29, 0.717) is 10.7 Å². The van der Waals surface area contributed by atoms with Crippen molar-refractivity contribution in [2.45, 2.75) is 29.6 Å². The number of amides is 2. The summed E-state index contributed by atoms with van der Waals surface area (Å²) >= 11 is 3.44. The van der Waals surface area contributed by atoms with Gasteiger partial charge in [-0.25, -0.2) is 19.1 Å². The molecule has 2 aromatic heterocycles. The number of carboxylic acids is 2. The van der Waals surface area contributed by atoms with Crippen LogP contribution in [0, 0.1) is 0 Å². The van der Waals surface area contributed by atoms with Crippen molar-refractivity contribution < 1.29 is 38.8 Å². The van der Waals surface area contributed by atoms with Crippen LogP contribution in [0.3, 0.4) is 0 Å². The van der Waals surface area contributed by atoms with Gasteiger partial charge in [0.2, 0.25) is 17.7 Å². The molecule has 2 aliphatic rings. The van der Waals surface area contributed by atoms with Gasteiger partial charge in [0.25, 0.3) is 11.8 Å². The van der Waals surface area contributed by atoms with Crippen LogP contribution in [0.2, 0.25) is 0 Å². The van der Waals surface area contributed by atoms with E-state index in [-0.39, 0.29) is 45.4 Å². The van der Waals surface area contributed by atoms with Crippen LogP contribution in [0.5, 0.6) is 0 Å². The van der Waals surface area contributed by atoms with Crippen LogP contribution in [0.25, 0.3) is 0 Å². The van der Waals surface area contributed by atoms with E-state index >= 15 is 0 Å². The fourth-order valence-electron chi connectivity index (χ4n) is 3.72. The van der Waals surface area contributed by atoms with Crippen molar-refractivity contribution in [2.75, 3.05) is 34.4 Å². The van der Waals surface area contributed by atoms with E-state index in [2.05, 4.69) is 20.4 Å². The average Bonchev–Trinajstić information content (AvgIpc) is 3.36. The normalized spacial score (nSPS) is 19.3. The highest BCUT2D eigenvalue weighted by Crippen LogP contribution is 2.41. The Labute approximate surface area is 244 Å². The summed E-state index contributed by atoms with van der Waals surface area (Å²) in [5.41, 5.74) is 23.2. The molecule has 20 heteroatoms. The molecule has 0 aliphatic carbocycles. The highest BCUT2D eigenvalue weighted by atomic mass is 32.2. The lowest BCUT2D eigenvalue weighted by atomic mass is 10.0. The third kappa shape index (κ3) is 5.79. The molecule has 3 atom stereocenters. The van der Waals surface area contributed by atoms with Gasteiger partial charge in [-0.05, 0) is 24.3 Å². The van der Waals surface area contributed by atoms with Crippen LogP contribution >= 0.6 is 34.9 Å². The summed E-state index contributed by atoms with van der Waals surface area (Å²) in [6.07, 6.45) is -1.37. The third-order valence-electron chi connectivity index (χ3n) is 5.96. The van der Waals surface area contributed by atoms with Crippen LogP contribution in [-0.4, -0.2) is 83.6 Å². The van der Waals surface area contributed by atoms with Crippen LogP contribution in [0.1, 0.15) is 12.6 Å². The first-order chi connectivity index (χ1) is 19.3. The highest BCUT2D eigenvalue weighted by molar-refractivity contribution is 8.01. The second-order valence-electron chi connectivity index (χ2n) is 8.64. The number of aromatic nitrogens is 3. The van der Waals surface area contributed by atoms with Gasteiger partial charge in [-0.3, -0.25) is 14.5 Å². The topological polar surface area (TPSA) is 279 Å². The lowest BCUT2D eigenvalue weighted by Crippen LogP contribution is -2.71. The van der Waals surface area contributed by atoms with Gasteiger partial charge in [-0.1, -0.05) is 10.1 Å². The van der Waals surface area contributed by atoms with Crippen molar-refractivity contribution in [2.24, 2.45) is 12.2 Å². The summed E-state index contributed by atoms with van der Waals surface area (Å²) in [4.78, 5) is 63.7. The maximum atomic E-state index is 13.1. The monoisotopic (exact) mass is 625 g/mol. The van der Waals surface area contributed by atoms with E-state index in [1.54, 1.807) is 7.05 Å². The molecule has 2 aromatic rings. The van der Waals surface area contributed by atoms with Gasteiger partial charge in [0, 0.05) is 16.9 Å². The van der Waals surface area contributed by atoms with Crippen LogP contribution in [-0.2, 0) is 31.1 Å².